The summed E-state index contributed by atoms with van der Waals surface area (Å²) in [5.74, 6) is 0.419. The van der Waals surface area contributed by atoms with Crippen LogP contribution < -0.4 is 0 Å². The third kappa shape index (κ3) is 1.30. The molecule has 0 radical (unpaired) electrons. The summed E-state index contributed by atoms with van der Waals surface area (Å²) in [6, 6.07) is 0. The summed E-state index contributed by atoms with van der Waals surface area (Å²) in [5, 5.41) is 9.87. The molecular weight excluding hydrogens is 140 g/mol. The Hall–Kier alpha value is -0.0800. The number of hydrogen-bond acceptors (Lipinski definition) is 2. The second-order valence-corrected chi connectivity index (χ2v) is 4.22. The van der Waals surface area contributed by atoms with Gasteiger partial charge in [-0.25, -0.2) is 0 Å². The highest BCUT2D eigenvalue weighted by Crippen LogP contribution is 2.51. The van der Waals surface area contributed by atoms with Gasteiger partial charge in [-0.3, -0.25) is 0 Å². The molecule has 1 saturated carbocycles. The minimum atomic E-state index is -0.106. The highest BCUT2D eigenvalue weighted by Gasteiger charge is 2.47. The van der Waals surface area contributed by atoms with Crippen LogP contribution in [0.15, 0.2) is 0 Å². The predicted octanol–water partition coefficient (Wildman–Crippen LogP) is 1.18. The van der Waals surface area contributed by atoms with Crippen molar-refractivity contribution in [3.05, 3.63) is 0 Å². The Bertz CT molecular complexity index is 146. The van der Waals surface area contributed by atoms with Crippen LogP contribution in [0.2, 0.25) is 0 Å². The maximum absolute atomic E-state index is 9.87. The molecule has 1 heterocycles. The van der Waals surface area contributed by atoms with Gasteiger partial charge in [0.1, 0.15) is 0 Å². The van der Waals surface area contributed by atoms with Crippen molar-refractivity contribution in [2.45, 2.75) is 32.3 Å². The molecule has 2 atom stereocenters. The highest BCUT2D eigenvalue weighted by atomic mass is 16.5. The Kier molecular flexibility index (Phi) is 1.69. The van der Waals surface area contributed by atoms with Crippen LogP contribution in [0.3, 0.4) is 0 Å². The molecule has 2 heteroatoms. The topological polar surface area (TPSA) is 29.5 Å². The van der Waals surface area contributed by atoms with E-state index >= 15 is 0 Å². The van der Waals surface area contributed by atoms with Gasteiger partial charge >= 0.3 is 0 Å². The standard InChI is InChI=1S/C9H16O2/c1-9(3-4-9)8(10)7-2-5-11-6-7/h7-8,10H,2-6H2,1H3. The monoisotopic (exact) mass is 156 g/mol. The summed E-state index contributed by atoms with van der Waals surface area (Å²) in [5.41, 5.74) is 0.248. The fourth-order valence-electron chi connectivity index (χ4n) is 1.86. The molecule has 0 spiro atoms. The third-order valence-corrected chi connectivity index (χ3v) is 3.16. The van der Waals surface area contributed by atoms with E-state index in [0.29, 0.717) is 5.92 Å². The lowest BCUT2D eigenvalue weighted by Gasteiger charge is -2.22. The third-order valence-electron chi connectivity index (χ3n) is 3.16. The van der Waals surface area contributed by atoms with Crippen LogP contribution in [0, 0.1) is 11.3 Å². The Morgan fingerprint density at radius 1 is 1.55 bits per heavy atom. The maximum Gasteiger partial charge on any atom is 0.0644 e. The Labute approximate surface area is 67.6 Å². The van der Waals surface area contributed by atoms with Gasteiger partial charge in [-0.05, 0) is 24.7 Å². The van der Waals surface area contributed by atoms with Gasteiger partial charge in [0.2, 0.25) is 0 Å². The summed E-state index contributed by atoms with van der Waals surface area (Å²) in [4.78, 5) is 0. The minimum absolute atomic E-state index is 0.106. The molecule has 0 aromatic carbocycles. The van der Waals surface area contributed by atoms with Crippen molar-refractivity contribution >= 4 is 0 Å². The zero-order valence-corrected chi connectivity index (χ0v) is 7.05. The lowest BCUT2D eigenvalue weighted by atomic mass is 9.89. The minimum Gasteiger partial charge on any atom is -0.392 e. The summed E-state index contributed by atoms with van der Waals surface area (Å²) >= 11 is 0. The molecule has 2 nitrogen and oxygen atoms in total. The molecule has 11 heavy (non-hydrogen) atoms. The van der Waals surface area contributed by atoms with E-state index in [9.17, 15) is 5.11 Å². The molecule has 2 unspecified atom stereocenters. The van der Waals surface area contributed by atoms with Crippen LogP contribution in [-0.2, 0) is 4.74 Å². The van der Waals surface area contributed by atoms with E-state index in [1.54, 1.807) is 0 Å². The van der Waals surface area contributed by atoms with Crippen LogP contribution >= 0.6 is 0 Å². The smallest absolute Gasteiger partial charge is 0.0644 e. The average Bonchev–Trinajstić information content (AvgIpc) is 2.54. The van der Waals surface area contributed by atoms with E-state index in [0.717, 1.165) is 19.6 Å². The summed E-state index contributed by atoms with van der Waals surface area (Å²) < 4.78 is 5.24. The van der Waals surface area contributed by atoms with Crippen LogP contribution in [0.5, 0.6) is 0 Å². The van der Waals surface area contributed by atoms with E-state index in [2.05, 4.69) is 6.92 Å². The second kappa shape index (κ2) is 2.46. The number of aliphatic hydroxyl groups is 1. The van der Waals surface area contributed by atoms with Gasteiger partial charge in [0.05, 0.1) is 12.7 Å². The average molecular weight is 156 g/mol. The number of hydrogen-bond donors (Lipinski definition) is 1. The van der Waals surface area contributed by atoms with Crippen molar-refractivity contribution in [1.82, 2.24) is 0 Å². The normalized spacial score (nSPS) is 37.1. The molecule has 2 aliphatic rings. The van der Waals surface area contributed by atoms with Crippen LogP contribution in [-0.4, -0.2) is 24.4 Å². The van der Waals surface area contributed by atoms with Gasteiger partial charge in [-0.15, -0.1) is 0 Å². The molecule has 1 saturated heterocycles. The predicted molar refractivity (Wildman–Crippen MR) is 42.3 cm³/mol. The Morgan fingerprint density at radius 3 is 2.73 bits per heavy atom. The maximum atomic E-state index is 9.87. The quantitative estimate of drug-likeness (QED) is 0.650. The first-order valence-corrected chi connectivity index (χ1v) is 4.48. The first-order valence-electron chi connectivity index (χ1n) is 4.48. The van der Waals surface area contributed by atoms with E-state index in [4.69, 9.17) is 4.74 Å². The van der Waals surface area contributed by atoms with E-state index in [1.165, 1.54) is 12.8 Å². The summed E-state index contributed by atoms with van der Waals surface area (Å²) in [6.45, 7) is 3.80. The molecule has 0 bridgehead atoms. The molecular formula is C9H16O2. The van der Waals surface area contributed by atoms with Gasteiger partial charge in [0.25, 0.3) is 0 Å². The van der Waals surface area contributed by atoms with Crippen LogP contribution in [0.25, 0.3) is 0 Å². The Balaban J connectivity index is 1.93. The molecule has 2 fully saturated rings. The van der Waals surface area contributed by atoms with Crippen molar-refractivity contribution in [2.24, 2.45) is 11.3 Å². The van der Waals surface area contributed by atoms with E-state index < -0.39 is 0 Å². The van der Waals surface area contributed by atoms with E-state index in [1.807, 2.05) is 0 Å². The van der Waals surface area contributed by atoms with Crippen molar-refractivity contribution in [3.8, 4) is 0 Å². The summed E-state index contributed by atoms with van der Waals surface area (Å²) in [7, 11) is 0. The number of aliphatic hydroxyl groups excluding tert-OH is 1. The van der Waals surface area contributed by atoms with Crippen molar-refractivity contribution in [3.63, 3.8) is 0 Å². The van der Waals surface area contributed by atoms with Gasteiger partial charge in [-0.2, -0.15) is 0 Å². The number of ether oxygens (including phenoxy) is 1. The zero-order valence-electron chi connectivity index (χ0n) is 7.05. The van der Waals surface area contributed by atoms with Crippen LogP contribution in [0.4, 0.5) is 0 Å². The molecule has 1 aliphatic heterocycles. The van der Waals surface area contributed by atoms with Gasteiger partial charge in [0.15, 0.2) is 0 Å². The Morgan fingerprint density at radius 2 is 2.27 bits per heavy atom. The summed E-state index contributed by atoms with van der Waals surface area (Å²) in [6.07, 6.45) is 3.34. The molecule has 2 rings (SSSR count). The first-order chi connectivity index (χ1) is 5.22. The molecule has 0 aromatic heterocycles. The highest BCUT2D eigenvalue weighted by molar-refractivity contribution is 4.98. The zero-order chi connectivity index (χ0) is 7.90. The lowest BCUT2D eigenvalue weighted by molar-refractivity contribution is 0.0383. The fourth-order valence-corrected chi connectivity index (χ4v) is 1.86. The molecule has 1 aliphatic carbocycles. The van der Waals surface area contributed by atoms with Crippen molar-refractivity contribution in [2.75, 3.05) is 13.2 Å². The largest absolute Gasteiger partial charge is 0.392 e. The van der Waals surface area contributed by atoms with Gasteiger partial charge in [-0.1, -0.05) is 6.92 Å². The molecule has 0 aromatic rings. The van der Waals surface area contributed by atoms with Gasteiger partial charge in [0, 0.05) is 12.5 Å². The first kappa shape index (κ1) is 7.56. The molecule has 64 valence electrons. The SMILES string of the molecule is CC1(C(O)C2CCOC2)CC1. The molecule has 1 N–H and O–H groups in total. The lowest BCUT2D eigenvalue weighted by Crippen LogP contribution is -2.28. The van der Waals surface area contributed by atoms with Crippen molar-refractivity contribution in [1.29, 1.82) is 0 Å². The van der Waals surface area contributed by atoms with Crippen molar-refractivity contribution < 1.29 is 9.84 Å². The molecule has 0 amide bonds. The van der Waals surface area contributed by atoms with Crippen LogP contribution in [0.1, 0.15) is 26.2 Å². The van der Waals surface area contributed by atoms with E-state index in [-0.39, 0.29) is 11.5 Å². The number of rotatable bonds is 2. The second-order valence-electron chi connectivity index (χ2n) is 4.22. The fraction of sp³-hybridized carbons (Fsp3) is 1.00. The van der Waals surface area contributed by atoms with Gasteiger partial charge < -0.3 is 9.84 Å².